The van der Waals surface area contributed by atoms with E-state index < -0.39 is 5.82 Å². The standard InChI is InChI=1S/C21H17FN4O/c1-13-9-10-15(12-14(13)2)23-21(27)17-7-5-11-26-19(24-25-20(17)26)16-6-3-4-8-18(16)22/h3-12H,1-2H3,(H,23,27). The number of aryl methyl sites for hydroxylation is 2. The summed E-state index contributed by atoms with van der Waals surface area (Å²) in [5.74, 6) is -0.336. The van der Waals surface area contributed by atoms with Gasteiger partial charge in [0.1, 0.15) is 5.82 Å². The number of aromatic nitrogens is 3. The van der Waals surface area contributed by atoms with E-state index in [1.54, 1.807) is 40.9 Å². The number of halogens is 1. The van der Waals surface area contributed by atoms with Crippen molar-refractivity contribution < 1.29 is 9.18 Å². The fraction of sp³-hybridized carbons (Fsp3) is 0.0952. The number of carbonyl (C=O) groups excluding carboxylic acids is 1. The third kappa shape index (κ3) is 3.06. The van der Waals surface area contributed by atoms with E-state index in [0.29, 0.717) is 28.3 Å². The molecule has 0 fully saturated rings. The SMILES string of the molecule is Cc1ccc(NC(=O)c2cccn3c(-c4ccccc4F)nnc23)cc1C. The molecule has 2 aromatic carbocycles. The van der Waals surface area contributed by atoms with E-state index in [1.165, 1.54) is 6.07 Å². The minimum absolute atomic E-state index is 0.295. The monoisotopic (exact) mass is 360 g/mol. The van der Waals surface area contributed by atoms with Gasteiger partial charge in [-0.1, -0.05) is 18.2 Å². The summed E-state index contributed by atoms with van der Waals surface area (Å²) < 4.78 is 15.8. The summed E-state index contributed by atoms with van der Waals surface area (Å²) in [6.07, 6.45) is 1.71. The number of benzene rings is 2. The number of fused-ring (bicyclic) bond motifs is 1. The van der Waals surface area contributed by atoms with Crippen molar-refractivity contribution >= 4 is 17.2 Å². The van der Waals surface area contributed by atoms with Crippen LogP contribution in [-0.4, -0.2) is 20.5 Å². The lowest BCUT2D eigenvalue weighted by atomic mass is 10.1. The fourth-order valence-corrected chi connectivity index (χ4v) is 2.94. The molecule has 1 amide bonds. The largest absolute Gasteiger partial charge is 0.322 e. The molecule has 0 aliphatic carbocycles. The summed E-state index contributed by atoms with van der Waals surface area (Å²) in [5, 5.41) is 11.1. The first kappa shape index (κ1) is 16.9. The maximum Gasteiger partial charge on any atom is 0.259 e. The van der Waals surface area contributed by atoms with Crippen molar-refractivity contribution in [2.75, 3.05) is 5.32 Å². The Morgan fingerprint density at radius 3 is 2.59 bits per heavy atom. The van der Waals surface area contributed by atoms with E-state index in [4.69, 9.17) is 0 Å². The maximum atomic E-state index is 14.1. The third-order valence-electron chi connectivity index (χ3n) is 4.56. The quantitative estimate of drug-likeness (QED) is 0.589. The molecular weight excluding hydrogens is 343 g/mol. The van der Waals surface area contributed by atoms with Gasteiger partial charge in [0.15, 0.2) is 11.5 Å². The summed E-state index contributed by atoms with van der Waals surface area (Å²) in [6.45, 7) is 4.01. The van der Waals surface area contributed by atoms with Gasteiger partial charge in [-0.3, -0.25) is 9.20 Å². The molecule has 0 radical (unpaired) electrons. The highest BCUT2D eigenvalue weighted by Crippen LogP contribution is 2.23. The normalized spacial score (nSPS) is 10.9. The second-order valence-electron chi connectivity index (χ2n) is 6.37. The number of nitrogens with zero attached hydrogens (tertiary/aromatic N) is 3. The number of hydrogen-bond acceptors (Lipinski definition) is 3. The van der Waals surface area contributed by atoms with Gasteiger partial charge in [-0.25, -0.2) is 4.39 Å². The Labute approximate surface area is 155 Å². The number of nitrogens with one attached hydrogen (secondary N) is 1. The minimum Gasteiger partial charge on any atom is -0.322 e. The first-order valence-corrected chi connectivity index (χ1v) is 8.52. The smallest absolute Gasteiger partial charge is 0.259 e. The molecule has 4 rings (SSSR count). The molecule has 0 unspecified atom stereocenters. The second kappa shape index (κ2) is 6.64. The molecule has 2 heterocycles. The molecule has 6 heteroatoms. The van der Waals surface area contributed by atoms with Gasteiger partial charge in [-0.05, 0) is 61.4 Å². The van der Waals surface area contributed by atoms with Crippen LogP contribution in [0.4, 0.5) is 10.1 Å². The van der Waals surface area contributed by atoms with Crippen molar-refractivity contribution in [2.45, 2.75) is 13.8 Å². The zero-order valence-electron chi connectivity index (χ0n) is 14.9. The molecule has 0 aliphatic rings. The topological polar surface area (TPSA) is 59.3 Å². The Balaban J connectivity index is 1.73. The van der Waals surface area contributed by atoms with E-state index in [-0.39, 0.29) is 5.91 Å². The Kier molecular flexibility index (Phi) is 4.16. The Morgan fingerprint density at radius 2 is 1.81 bits per heavy atom. The number of pyridine rings is 1. The summed E-state index contributed by atoms with van der Waals surface area (Å²) in [4.78, 5) is 12.8. The fourth-order valence-electron chi connectivity index (χ4n) is 2.94. The summed E-state index contributed by atoms with van der Waals surface area (Å²) in [7, 11) is 0. The predicted octanol–water partition coefficient (Wildman–Crippen LogP) is 4.40. The van der Waals surface area contributed by atoms with E-state index >= 15 is 0 Å². The van der Waals surface area contributed by atoms with Gasteiger partial charge in [0.25, 0.3) is 5.91 Å². The van der Waals surface area contributed by atoms with Gasteiger partial charge in [0, 0.05) is 11.9 Å². The van der Waals surface area contributed by atoms with Crippen molar-refractivity contribution in [1.82, 2.24) is 14.6 Å². The highest BCUT2D eigenvalue weighted by molar-refractivity contribution is 6.08. The summed E-state index contributed by atoms with van der Waals surface area (Å²) >= 11 is 0. The van der Waals surface area contributed by atoms with Crippen LogP contribution in [0.2, 0.25) is 0 Å². The maximum absolute atomic E-state index is 14.1. The van der Waals surface area contributed by atoms with Gasteiger partial charge >= 0.3 is 0 Å². The molecule has 0 bridgehead atoms. The lowest BCUT2D eigenvalue weighted by Crippen LogP contribution is -2.13. The Hall–Kier alpha value is -3.54. The van der Waals surface area contributed by atoms with E-state index in [2.05, 4.69) is 15.5 Å². The zero-order valence-corrected chi connectivity index (χ0v) is 14.9. The van der Waals surface area contributed by atoms with Gasteiger partial charge in [-0.2, -0.15) is 0 Å². The summed E-state index contributed by atoms with van der Waals surface area (Å²) in [6, 6.07) is 15.5. The minimum atomic E-state index is -0.392. The second-order valence-corrected chi connectivity index (χ2v) is 6.37. The molecule has 0 spiro atoms. The first-order valence-electron chi connectivity index (χ1n) is 8.52. The molecule has 27 heavy (non-hydrogen) atoms. The molecule has 0 aliphatic heterocycles. The molecule has 0 atom stereocenters. The lowest BCUT2D eigenvalue weighted by Gasteiger charge is -2.08. The number of carbonyl (C=O) groups is 1. The van der Waals surface area contributed by atoms with Crippen molar-refractivity contribution in [3.8, 4) is 11.4 Å². The number of rotatable bonds is 3. The van der Waals surface area contributed by atoms with Crippen molar-refractivity contribution in [3.63, 3.8) is 0 Å². The van der Waals surface area contributed by atoms with Crippen LogP contribution in [0.3, 0.4) is 0 Å². The highest BCUT2D eigenvalue weighted by Gasteiger charge is 2.17. The first-order chi connectivity index (χ1) is 13.0. The van der Waals surface area contributed by atoms with Crippen LogP contribution in [0.5, 0.6) is 0 Å². The van der Waals surface area contributed by atoms with Crippen LogP contribution in [0.1, 0.15) is 21.5 Å². The lowest BCUT2D eigenvalue weighted by molar-refractivity contribution is 0.102. The number of amides is 1. The average Bonchev–Trinajstić information content (AvgIpc) is 3.09. The molecule has 1 N–H and O–H groups in total. The molecule has 0 saturated carbocycles. The number of anilines is 1. The third-order valence-corrected chi connectivity index (χ3v) is 4.56. The Morgan fingerprint density at radius 1 is 1.00 bits per heavy atom. The zero-order chi connectivity index (χ0) is 19.0. The van der Waals surface area contributed by atoms with E-state index in [1.807, 2.05) is 32.0 Å². The molecule has 5 nitrogen and oxygen atoms in total. The molecule has 4 aromatic rings. The molecule has 2 aromatic heterocycles. The predicted molar refractivity (Wildman–Crippen MR) is 102 cm³/mol. The van der Waals surface area contributed by atoms with Crippen LogP contribution >= 0.6 is 0 Å². The van der Waals surface area contributed by atoms with E-state index in [0.717, 1.165) is 11.1 Å². The van der Waals surface area contributed by atoms with Crippen LogP contribution in [0.15, 0.2) is 60.8 Å². The Bertz CT molecular complexity index is 1170. The molecule has 0 saturated heterocycles. The average molecular weight is 360 g/mol. The van der Waals surface area contributed by atoms with Crippen molar-refractivity contribution in [1.29, 1.82) is 0 Å². The molecular formula is C21H17FN4O. The van der Waals surface area contributed by atoms with Crippen LogP contribution < -0.4 is 5.32 Å². The number of hydrogen-bond donors (Lipinski definition) is 1. The van der Waals surface area contributed by atoms with Gasteiger partial charge in [-0.15, -0.1) is 10.2 Å². The summed E-state index contributed by atoms with van der Waals surface area (Å²) in [5.41, 5.74) is 4.02. The van der Waals surface area contributed by atoms with Crippen LogP contribution in [0.25, 0.3) is 17.0 Å². The van der Waals surface area contributed by atoms with Gasteiger partial charge < -0.3 is 5.32 Å². The highest BCUT2D eigenvalue weighted by atomic mass is 19.1. The van der Waals surface area contributed by atoms with Crippen molar-refractivity contribution in [3.05, 3.63) is 83.3 Å². The molecule has 134 valence electrons. The van der Waals surface area contributed by atoms with Gasteiger partial charge in [0.2, 0.25) is 0 Å². The van der Waals surface area contributed by atoms with Crippen LogP contribution in [0, 0.1) is 19.7 Å². The van der Waals surface area contributed by atoms with Gasteiger partial charge in [0.05, 0.1) is 11.1 Å². The van der Waals surface area contributed by atoms with Crippen LogP contribution in [-0.2, 0) is 0 Å². The van der Waals surface area contributed by atoms with E-state index in [9.17, 15) is 9.18 Å². The van der Waals surface area contributed by atoms with Crippen molar-refractivity contribution in [2.24, 2.45) is 0 Å².